The molecule has 0 spiro atoms. The molecule has 0 bridgehead atoms. The molecule has 0 saturated carbocycles. The van der Waals surface area contributed by atoms with Gasteiger partial charge < -0.3 is 14.3 Å². The molecule has 6 heteroatoms. The number of aromatic nitrogens is 4. The van der Waals surface area contributed by atoms with Crippen LogP contribution in [0.25, 0.3) is 5.65 Å². The monoisotopic (exact) mass is 325 g/mol. The van der Waals surface area contributed by atoms with E-state index in [1.165, 1.54) is 0 Å². The lowest BCUT2D eigenvalue weighted by Crippen LogP contribution is -2.34. The largest absolute Gasteiger partial charge is 0.346 e. The molecule has 0 radical (unpaired) electrons. The maximum Gasteiger partial charge on any atom is 0.226 e. The molecule has 1 N–H and O–H groups in total. The van der Waals surface area contributed by atoms with Crippen LogP contribution in [0.15, 0.2) is 36.9 Å². The molecule has 1 atom stereocenters. The Bertz CT molecular complexity index is 861. The lowest BCUT2D eigenvalue weighted by Gasteiger charge is -2.22. The van der Waals surface area contributed by atoms with E-state index in [9.17, 15) is 4.79 Å². The lowest BCUT2D eigenvalue weighted by atomic mass is 10.0. The molecule has 0 saturated heterocycles. The summed E-state index contributed by atoms with van der Waals surface area (Å²) in [6.45, 7) is 6.18. The molecular weight excluding hydrogens is 302 g/mol. The number of hydrogen-bond acceptors (Lipinski definition) is 3. The van der Waals surface area contributed by atoms with E-state index >= 15 is 0 Å². The van der Waals surface area contributed by atoms with E-state index in [2.05, 4.69) is 29.1 Å². The molecule has 0 fully saturated rings. The average molecular weight is 325 g/mol. The summed E-state index contributed by atoms with van der Waals surface area (Å²) in [4.78, 5) is 21.4. The molecule has 3 aromatic heterocycles. The third kappa shape index (κ3) is 3.04. The fourth-order valence-corrected chi connectivity index (χ4v) is 2.93. The maximum absolute atomic E-state index is 12.6. The lowest BCUT2D eigenvalue weighted by molar-refractivity contribution is -0.121. The van der Waals surface area contributed by atoms with E-state index in [-0.39, 0.29) is 24.3 Å². The number of imidazole rings is 2. The second-order valence-corrected chi connectivity index (χ2v) is 6.50. The Balaban J connectivity index is 1.79. The fourth-order valence-electron chi connectivity index (χ4n) is 2.93. The predicted molar refractivity (Wildman–Crippen MR) is 92.6 cm³/mol. The number of carbonyl (C=O) groups is 1. The third-order valence-corrected chi connectivity index (χ3v) is 4.27. The van der Waals surface area contributed by atoms with E-state index in [4.69, 9.17) is 0 Å². The minimum Gasteiger partial charge on any atom is -0.346 e. The molecule has 3 heterocycles. The summed E-state index contributed by atoms with van der Waals surface area (Å²) < 4.78 is 3.92. The number of rotatable bonds is 5. The zero-order valence-corrected chi connectivity index (χ0v) is 14.5. The molecule has 6 nitrogen and oxygen atoms in total. The van der Waals surface area contributed by atoms with Gasteiger partial charge in [-0.05, 0) is 24.5 Å². The van der Waals surface area contributed by atoms with E-state index in [1.807, 2.05) is 47.5 Å². The van der Waals surface area contributed by atoms with Gasteiger partial charge in [-0.3, -0.25) is 4.79 Å². The van der Waals surface area contributed by atoms with Crippen molar-refractivity contribution in [2.24, 2.45) is 13.0 Å². The van der Waals surface area contributed by atoms with Crippen LogP contribution in [0.1, 0.15) is 37.0 Å². The van der Waals surface area contributed by atoms with Crippen LogP contribution in [0.4, 0.5) is 0 Å². The van der Waals surface area contributed by atoms with Crippen molar-refractivity contribution in [3.05, 3.63) is 54.0 Å². The highest BCUT2D eigenvalue weighted by molar-refractivity contribution is 5.78. The smallest absolute Gasteiger partial charge is 0.226 e. The van der Waals surface area contributed by atoms with E-state index < -0.39 is 0 Å². The van der Waals surface area contributed by atoms with Crippen molar-refractivity contribution < 1.29 is 4.79 Å². The van der Waals surface area contributed by atoms with Crippen molar-refractivity contribution >= 4 is 11.6 Å². The molecule has 0 aromatic carbocycles. The van der Waals surface area contributed by atoms with E-state index in [0.29, 0.717) is 0 Å². The highest BCUT2D eigenvalue weighted by Crippen LogP contribution is 2.20. The summed E-state index contributed by atoms with van der Waals surface area (Å²) >= 11 is 0. The minimum atomic E-state index is -0.113. The van der Waals surface area contributed by atoms with Gasteiger partial charge in [-0.2, -0.15) is 0 Å². The van der Waals surface area contributed by atoms with Crippen molar-refractivity contribution in [2.45, 2.75) is 33.2 Å². The molecule has 1 amide bonds. The van der Waals surface area contributed by atoms with Gasteiger partial charge in [0.1, 0.15) is 11.5 Å². The van der Waals surface area contributed by atoms with E-state index in [0.717, 1.165) is 22.7 Å². The first kappa shape index (κ1) is 16.2. The summed E-state index contributed by atoms with van der Waals surface area (Å²) in [7, 11) is 1.94. The zero-order valence-electron chi connectivity index (χ0n) is 14.5. The number of fused-ring (bicyclic) bond motifs is 1. The number of nitrogens with zero attached hydrogens (tertiary/aromatic N) is 4. The van der Waals surface area contributed by atoms with Gasteiger partial charge in [0.25, 0.3) is 0 Å². The molecule has 126 valence electrons. The Morgan fingerprint density at radius 2 is 2.08 bits per heavy atom. The maximum atomic E-state index is 12.6. The molecule has 3 aromatic rings. The van der Waals surface area contributed by atoms with Gasteiger partial charge in [-0.1, -0.05) is 19.9 Å². The highest BCUT2D eigenvalue weighted by Gasteiger charge is 2.22. The van der Waals surface area contributed by atoms with Crippen molar-refractivity contribution in [2.75, 3.05) is 0 Å². The van der Waals surface area contributed by atoms with Crippen molar-refractivity contribution in [3.8, 4) is 0 Å². The second kappa shape index (κ2) is 6.47. The first-order valence-electron chi connectivity index (χ1n) is 8.15. The number of hydrogen-bond donors (Lipinski definition) is 1. The summed E-state index contributed by atoms with van der Waals surface area (Å²) in [6.07, 6.45) is 7.65. The number of aryl methyl sites for hydroxylation is 2. The molecule has 3 rings (SSSR count). The molecule has 0 aliphatic carbocycles. The molecule has 0 unspecified atom stereocenters. The average Bonchev–Trinajstić information content (AvgIpc) is 3.12. The topological polar surface area (TPSA) is 64.2 Å². The highest BCUT2D eigenvalue weighted by atomic mass is 16.1. The molecule has 0 aliphatic rings. The molecular formula is C18H23N5O. The summed E-state index contributed by atoms with van der Waals surface area (Å²) in [6, 6.07) is 3.87. The number of nitrogens with one attached hydrogen (secondary N) is 1. The van der Waals surface area contributed by atoms with Crippen LogP contribution in [-0.4, -0.2) is 24.8 Å². The number of carbonyl (C=O) groups excluding carboxylic acids is 1. The van der Waals surface area contributed by atoms with Crippen LogP contribution in [0, 0.1) is 12.8 Å². The minimum absolute atomic E-state index is 0.0278. The SMILES string of the molecule is Cc1cccn2c(CC(=O)N[C@H](c3nccn3C)C(C)C)cnc12. The van der Waals surface area contributed by atoms with Crippen molar-refractivity contribution in [1.82, 2.24) is 24.3 Å². The van der Waals surface area contributed by atoms with Gasteiger partial charge in [-0.25, -0.2) is 9.97 Å². The zero-order chi connectivity index (χ0) is 17.3. The number of amides is 1. The fraction of sp³-hybridized carbons (Fsp3) is 0.389. The Hall–Kier alpha value is -2.63. The first-order valence-corrected chi connectivity index (χ1v) is 8.15. The Labute approximate surface area is 141 Å². The Morgan fingerprint density at radius 1 is 1.29 bits per heavy atom. The summed E-state index contributed by atoms with van der Waals surface area (Å²) in [5, 5.41) is 3.11. The van der Waals surface area contributed by atoms with E-state index in [1.54, 1.807) is 12.4 Å². The molecule has 0 aliphatic heterocycles. The van der Waals surface area contributed by atoms with Gasteiger partial charge in [0.15, 0.2) is 0 Å². The standard InChI is InChI=1S/C18H23N5O/c1-12(2)16(18-19-7-9-22(18)4)21-15(24)10-14-11-20-17-13(3)6-5-8-23(14)17/h5-9,11-12,16H,10H2,1-4H3,(H,21,24)/t16-/m0/s1. The molecule has 24 heavy (non-hydrogen) atoms. The van der Waals surface area contributed by atoms with Gasteiger partial charge in [0.2, 0.25) is 5.91 Å². The second-order valence-electron chi connectivity index (χ2n) is 6.50. The normalized spacial score (nSPS) is 12.7. The third-order valence-electron chi connectivity index (χ3n) is 4.27. The van der Waals surface area contributed by atoms with Crippen LogP contribution >= 0.6 is 0 Å². The van der Waals surface area contributed by atoms with Gasteiger partial charge in [-0.15, -0.1) is 0 Å². The van der Waals surface area contributed by atoms with Crippen LogP contribution < -0.4 is 5.32 Å². The number of pyridine rings is 1. The van der Waals surface area contributed by atoms with Crippen LogP contribution in [0.3, 0.4) is 0 Å². The van der Waals surface area contributed by atoms with Crippen LogP contribution in [-0.2, 0) is 18.3 Å². The van der Waals surface area contributed by atoms with Gasteiger partial charge in [0, 0.05) is 31.8 Å². The van der Waals surface area contributed by atoms with Crippen LogP contribution in [0.5, 0.6) is 0 Å². The van der Waals surface area contributed by atoms with Gasteiger partial charge >= 0.3 is 0 Å². The summed E-state index contributed by atoms with van der Waals surface area (Å²) in [5.74, 6) is 1.09. The quantitative estimate of drug-likeness (QED) is 0.783. The Kier molecular flexibility index (Phi) is 4.38. The van der Waals surface area contributed by atoms with Crippen LogP contribution in [0.2, 0.25) is 0 Å². The summed E-state index contributed by atoms with van der Waals surface area (Å²) in [5.41, 5.74) is 2.87. The first-order chi connectivity index (χ1) is 11.5. The predicted octanol–water partition coefficient (Wildman–Crippen LogP) is 2.43. The Morgan fingerprint density at radius 3 is 2.75 bits per heavy atom. The van der Waals surface area contributed by atoms with Crippen molar-refractivity contribution in [1.29, 1.82) is 0 Å². The van der Waals surface area contributed by atoms with Crippen molar-refractivity contribution in [3.63, 3.8) is 0 Å². The van der Waals surface area contributed by atoms with Gasteiger partial charge in [0.05, 0.1) is 18.2 Å².